The number of aliphatic imine (C=N–C) groups is 1. The lowest BCUT2D eigenvalue weighted by Gasteiger charge is -2.34. The van der Waals surface area contributed by atoms with Gasteiger partial charge in [0.15, 0.2) is 5.96 Å². The number of nitrogens with zero attached hydrogens (tertiary/aromatic N) is 3. The van der Waals surface area contributed by atoms with E-state index < -0.39 is 0 Å². The molecule has 176 valence electrons. The van der Waals surface area contributed by atoms with Crippen molar-refractivity contribution in [2.75, 3.05) is 59.0 Å². The zero-order valence-corrected chi connectivity index (χ0v) is 21.2. The second kappa shape index (κ2) is 13.9. The predicted molar refractivity (Wildman–Crippen MR) is 133 cm³/mol. The molecule has 9 heteroatoms. The number of furan rings is 1. The van der Waals surface area contributed by atoms with Gasteiger partial charge in [0.25, 0.3) is 0 Å². The maximum Gasteiger partial charge on any atom is 0.225 e. The fraction of sp³-hybridized carbons (Fsp3) is 0.727. The van der Waals surface area contributed by atoms with Crippen LogP contribution in [0.3, 0.4) is 0 Å². The molecule has 0 atom stereocenters. The summed E-state index contributed by atoms with van der Waals surface area (Å²) in [6, 6.07) is 4.24. The Balaban J connectivity index is 0.00000341. The summed E-state index contributed by atoms with van der Waals surface area (Å²) in [5.41, 5.74) is 0. The van der Waals surface area contributed by atoms with Gasteiger partial charge < -0.3 is 24.7 Å². The second-order valence-electron chi connectivity index (χ2n) is 8.34. The molecule has 1 aromatic heterocycles. The van der Waals surface area contributed by atoms with Gasteiger partial charge in [0.2, 0.25) is 5.91 Å². The van der Waals surface area contributed by atoms with Gasteiger partial charge in [0, 0.05) is 57.6 Å². The van der Waals surface area contributed by atoms with Crippen LogP contribution in [0.25, 0.3) is 0 Å². The summed E-state index contributed by atoms with van der Waals surface area (Å²) in [7, 11) is 0. The zero-order valence-electron chi connectivity index (χ0n) is 18.8. The van der Waals surface area contributed by atoms with Gasteiger partial charge in [-0.1, -0.05) is 13.8 Å². The van der Waals surface area contributed by atoms with Gasteiger partial charge in [0.05, 0.1) is 26.0 Å². The lowest BCUT2D eigenvalue weighted by atomic mass is 10.0. The van der Waals surface area contributed by atoms with Gasteiger partial charge in [-0.25, -0.2) is 0 Å². The molecule has 3 heterocycles. The molecule has 2 saturated heterocycles. The average Bonchev–Trinajstić information content (AvgIpc) is 3.28. The number of carbonyl (C=O) groups excluding carboxylic acids is 1. The van der Waals surface area contributed by atoms with Crippen molar-refractivity contribution < 1.29 is 13.9 Å². The molecule has 2 aliphatic rings. The number of carbonyl (C=O) groups is 1. The van der Waals surface area contributed by atoms with Gasteiger partial charge in [-0.05, 0) is 25.0 Å². The van der Waals surface area contributed by atoms with E-state index in [0.29, 0.717) is 6.04 Å². The van der Waals surface area contributed by atoms with E-state index >= 15 is 0 Å². The number of hydrogen-bond donors (Lipinski definition) is 2. The summed E-state index contributed by atoms with van der Waals surface area (Å²) >= 11 is 0. The van der Waals surface area contributed by atoms with Crippen LogP contribution >= 0.6 is 24.0 Å². The molecule has 0 aromatic carbocycles. The molecule has 31 heavy (non-hydrogen) atoms. The number of amides is 1. The summed E-state index contributed by atoms with van der Waals surface area (Å²) in [5, 5.41) is 7.04. The standard InChI is InChI=1S/C22H37N5O3.HI/c1-18(2)21(28)27-10-6-19(7-11-27)25-22(23-8-5-20-4-3-15-30-20)24-9-12-26-13-16-29-17-14-26;/h3-4,15,18-19H,5-14,16-17H2,1-2H3,(H2,23,24,25);1H. The van der Waals surface area contributed by atoms with Crippen LogP contribution in [0.15, 0.2) is 27.8 Å². The third-order valence-electron chi connectivity index (χ3n) is 5.68. The number of likely N-dealkylation sites (tertiary alicyclic amines) is 1. The molecule has 2 fully saturated rings. The molecule has 0 unspecified atom stereocenters. The molecule has 1 amide bonds. The van der Waals surface area contributed by atoms with Crippen LogP contribution in [0.5, 0.6) is 0 Å². The van der Waals surface area contributed by atoms with E-state index in [4.69, 9.17) is 14.1 Å². The lowest BCUT2D eigenvalue weighted by molar-refractivity contribution is -0.135. The number of piperidine rings is 1. The van der Waals surface area contributed by atoms with Crippen LogP contribution in [-0.4, -0.2) is 86.7 Å². The normalized spacial score (nSPS) is 18.7. The molecule has 2 aliphatic heterocycles. The monoisotopic (exact) mass is 547 g/mol. The minimum absolute atomic E-state index is 0. The van der Waals surface area contributed by atoms with Crippen molar-refractivity contribution in [2.45, 2.75) is 39.2 Å². The van der Waals surface area contributed by atoms with E-state index in [1.165, 1.54) is 0 Å². The number of guanidine groups is 1. The minimum atomic E-state index is 0. The Labute approximate surface area is 203 Å². The van der Waals surface area contributed by atoms with Crippen molar-refractivity contribution in [1.29, 1.82) is 0 Å². The van der Waals surface area contributed by atoms with E-state index in [2.05, 4.69) is 15.5 Å². The first-order chi connectivity index (χ1) is 14.6. The zero-order chi connectivity index (χ0) is 21.2. The van der Waals surface area contributed by atoms with Crippen LogP contribution in [0.2, 0.25) is 0 Å². The SMILES string of the molecule is CC(C)C(=O)N1CCC(NC(=NCCN2CCOCC2)NCCc2ccco2)CC1.I. The van der Waals surface area contributed by atoms with Crippen molar-refractivity contribution in [1.82, 2.24) is 20.4 Å². The molecular formula is C22H38IN5O3. The number of nitrogens with one attached hydrogen (secondary N) is 2. The van der Waals surface area contributed by atoms with Crippen LogP contribution in [0.1, 0.15) is 32.4 Å². The van der Waals surface area contributed by atoms with Crippen molar-refractivity contribution >= 4 is 35.8 Å². The number of halogens is 1. The van der Waals surface area contributed by atoms with Gasteiger partial charge in [-0.15, -0.1) is 24.0 Å². The first-order valence-corrected chi connectivity index (χ1v) is 11.3. The average molecular weight is 547 g/mol. The maximum atomic E-state index is 12.2. The van der Waals surface area contributed by atoms with Crippen molar-refractivity contribution in [3.63, 3.8) is 0 Å². The molecule has 3 rings (SSSR count). The summed E-state index contributed by atoms with van der Waals surface area (Å²) in [6.07, 6.45) is 4.41. The van der Waals surface area contributed by atoms with E-state index in [1.807, 2.05) is 30.9 Å². The molecule has 0 spiro atoms. The largest absolute Gasteiger partial charge is 0.469 e. The highest BCUT2D eigenvalue weighted by molar-refractivity contribution is 14.0. The number of hydrogen-bond acceptors (Lipinski definition) is 5. The third-order valence-corrected chi connectivity index (χ3v) is 5.68. The quantitative estimate of drug-likeness (QED) is 0.294. The number of ether oxygens (including phenoxy) is 1. The van der Waals surface area contributed by atoms with Crippen LogP contribution in [0.4, 0.5) is 0 Å². The van der Waals surface area contributed by atoms with Crippen molar-refractivity contribution in [3.8, 4) is 0 Å². The Morgan fingerprint density at radius 3 is 2.61 bits per heavy atom. The van der Waals surface area contributed by atoms with E-state index in [0.717, 1.165) is 90.0 Å². The van der Waals surface area contributed by atoms with E-state index in [1.54, 1.807) is 6.26 Å². The van der Waals surface area contributed by atoms with Crippen LogP contribution in [-0.2, 0) is 16.0 Å². The fourth-order valence-electron chi connectivity index (χ4n) is 3.84. The number of rotatable bonds is 8. The Morgan fingerprint density at radius 2 is 1.97 bits per heavy atom. The molecule has 0 bridgehead atoms. The highest BCUT2D eigenvalue weighted by Gasteiger charge is 2.24. The first kappa shape index (κ1) is 25.9. The van der Waals surface area contributed by atoms with E-state index in [-0.39, 0.29) is 35.8 Å². The van der Waals surface area contributed by atoms with Crippen LogP contribution in [0, 0.1) is 5.92 Å². The Morgan fingerprint density at radius 1 is 1.23 bits per heavy atom. The fourth-order valence-corrected chi connectivity index (χ4v) is 3.84. The maximum absolute atomic E-state index is 12.2. The molecule has 0 radical (unpaired) electrons. The summed E-state index contributed by atoms with van der Waals surface area (Å²) in [6.45, 7) is 11.6. The summed E-state index contributed by atoms with van der Waals surface area (Å²) in [4.78, 5) is 21.4. The van der Waals surface area contributed by atoms with Gasteiger partial charge in [-0.3, -0.25) is 14.7 Å². The second-order valence-corrected chi connectivity index (χ2v) is 8.34. The van der Waals surface area contributed by atoms with Gasteiger partial charge in [-0.2, -0.15) is 0 Å². The molecule has 2 N–H and O–H groups in total. The Kier molecular flexibility index (Phi) is 11.7. The minimum Gasteiger partial charge on any atom is -0.469 e. The van der Waals surface area contributed by atoms with Gasteiger partial charge >= 0.3 is 0 Å². The highest BCUT2D eigenvalue weighted by Crippen LogP contribution is 2.13. The van der Waals surface area contributed by atoms with Gasteiger partial charge in [0.1, 0.15) is 5.76 Å². The van der Waals surface area contributed by atoms with Crippen LogP contribution < -0.4 is 10.6 Å². The molecule has 0 aliphatic carbocycles. The molecule has 0 saturated carbocycles. The molecule has 8 nitrogen and oxygen atoms in total. The summed E-state index contributed by atoms with van der Waals surface area (Å²) < 4.78 is 10.8. The Bertz CT molecular complexity index is 654. The molecule has 1 aromatic rings. The molecular weight excluding hydrogens is 509 g/mol. The summed E-state index contributed by atoms with van der Waals surface area (Å²) in [5.74, 6) is 2.14. The first-order valence-electron chi connectivity index (χ1n) is 11.3. The third kappa shape index (κ3) is 8.97. The highest BCUT2D eigenvalue weighted by atomic mass is 127. The van der Waals surface area contributed by atoms with Crippen molar-refractivity contribution in [3.05, 3.63) is 24.2 Å². The van der Waals surface area contributed by atoms with E-state index in [9.17, 15) is 4.79 Å². The predicted octanol–water partition coefficient (Wildman–Crippen LogP) is 1.95. The lowest BCUT2D eigenvalue weighted by Crippen LogP contribution is -2.50. The topological polar surface area (TPSA) is 82.3 Å². The Hall–Kier alpha value is -1.33. The number of morpholine rings is 1. The van der Waals surface area contributed by atoms with Crippen molar-refractivity contribution in [2.24, 2.45) is 10.9 Å². The smallest absolute Gasteiger partial charge is 0.225 e.